The minimum Gasteiger partial charge on any atom is -0.508 e. The maximum Gasteiger partial charge on any atom is 0.229 e. The third kappa shape index (κ3) is 3.14. The van der Waals surface area contributed by atoms with E-state index in [9.17, 15) is 9.50 Å². The van der Waals surface area contributed by atoms with Crippen LogP contribution in [0.25, 0.3) is 11.4 Å². The van der Waals surface area contributed by atoms with Gasteiger partial charge in [0.15, 0.2) is 17.4 Å². The first-order valence-corrected chi connectivity index (χ1v) is 8.55. The first kappa shape index (κ1) is 16.9. The number of fused-ring (bicyclic) bond motifs is 1. The molecule has 4 N–H and O–H groups in total. The Bertz CT molecular complexity index is 1200. The number of hydrogen-bond acceptors (Lipinski definition) is 9. The predicted molar refractivity (Wildman–Crippen MR) is 101 cm³/mol. The number of aromatic amines is 1. The highest BCUT2D eigenvalue weighted by Gasteiger charge is 2.26. The molecule has 2 aromatic heterocycles. The molecule has 1 aliphatic rings. The van der Waals surface area contributed by atoms with Crippen LogP contribution in [0.5, 0.6) is 11.5 Å². The Morgan fingerprint density at radius 1 is 1.17 bits per heavy atom. The van der Waals surface area contributed by atoms with Crippen molar-refractivity contribution in [2.75, 3.05) is 10.6 Å². The van der Waals surface area contributed by atoms with Crippen LogP contribution in [0.2, 0.25) is 0 Å². The molecule has 29 heavy (non-hydrogen) atoms. The minimum absolute atomic E-state index is 0.0312. The molecule has 0 unspecified atom stereocenters. The zero-order valence-electron chi connectivity index (χ0n) is 14.7. The van der Waals surface area contributed by atoms with Crippen molar-refractivity contribution in [3.8, 4) is 22.9 Å². The fourth-order valence-corrected chi connectivity index (χ4v) is 2.94. The number of phenolic OH excluding ortho intramolecular Hbond substituents is 1. The number of anilines is 4. The van der Waals surface area contributed by atoms with E-state index < -0.39 is 5.82 Å². The molecule has 0 amide bonds. The molecule has 10 nitrogen and oxygen atoms in total. The number of nitrogens with zero attached hydrogens (tertiary/aromatic N) is 5. The number of H-pyrrole nitrogens is 1. The number of halogens is 1. The lowest BCUT2D eigenvalue weighted by molar-refractivity contribution is 0.246. The van der Waals surface area contributed by atoms with Crippen LogP contribution in [0, 0.1) is 5.82 Å². The van der Waals surface area contributed by atoms with Crippen LogP contribution in [0.4, 0.5) is 27.5 Å². The molecule has 11 heteroatoms. The average Bonchev–Trinajstić information content (AvgIpc) is 3.20. The van der Waals surface area contributed by atoms with Gasteiger partial charge in [-0.05, 0) is 29.5 Å². The number of rotatable bonds is 5. The van der Waals surface area contributed by atoms with E-state index in [1.165, 1.54) is 12.1 Å². The number of benzene rings is 2. The maximum absolute atomic E-state index is 14.1. The van der Waals surface area contributed by atoms with Crippen LogP contribution >= 0.6 is 0 Å². The number of nitrogens with one attached hydrogen (secondary N) is 3. The van der Waals surface area contributed by atoms with E-state index in [2.05, 4.69) is 41.2 Å². The summed E-state index contributed by atoms with van der Waals surface area (Å²) < 4.78 is 19.7. The van der Waals surface area contributed by atoms with Crippen molar-refractivity contribution in [1.82, 2.24) is 30.6 Å². The van der Waals surface area contributed by atoms with Gasteiger partial charge in [0.1, 0.15) is 12.4 Å². The molecule has 2 aromatic carbocycles. The lowest BCUT2D eigenvalue weighted by Crippen LogP contribution is -2.14. The summed E-state index contributed by atoms with van der Waals surface area (Å²) in [5, 5.41) is 29.4. The SMILES string of the molecule is Oc1cccc(Nc2nc(Nc3ccc(-c4nn[nH]n4)c4c3OC4)ncc2F)c1. The molecule has 0 fully saturated rings. The van der Waals surface area contributed by atoms with E-state index >= 15 is 0 Å². The van der Waals surface area contributed by atoms with Crippen molar-refractivity contribution in [2.45, 2.75) is 6.61 Å². The van der Waals surface area contributed by atoms with Crippen molar-refractivity contribution in [2.24, 2.45) is 0 Å². The second-order valence-electron chi connectivity index (χ2n) is 6.18. The van der Waals surface area contributed by atoms with Crippen LogP contribution < -0.4 is 15.4 Å². The Labute approximate surface area is 162 Å². The molecule has 0 atom stereocenters. The number of tetrazole rings is 1. The second kappa shape index (κ2) is 6.71. The minimum atomic E-state index is -0.629. The Morgan fingerprint density at radius 2 is 2.10 bits per heavy atom. The van der Waals surface area contributed by atoms with Gasteiger partial charge in [0.25, 0.3) is 0 Å². The van der Waals surface area contributed by atoms with E-state index in [4.69, 9.17) is 4.74 Å². The summed E-state index contributed by atoms with van der Waals surface area (Å²) in [5.74, 6) is 0.682. The zero-order chi connectivity index (χ0) is 19.8. The number of aromatic hydroxyl groups is 1. The summed E-state index contributed by atoms with van der Waals surface area (Å²) in [4.78, 5) is 8.15. The molecule has 1 aliphatic heterocycles. The van der Waals surface area contributed by atoms with Gasteiger partial charge < -0.3 is 20.5 Å². The Balaban J connectivity index is 1.42. The molecule has 0 spiro atoms. The van der Waals surface area contributed by atoms with Gasteiger partial charge >= 0.3 is 0 Å². The van der Waals surface area contributed by atoms with E-state index in [0.29, 0.717) is 29.6 Å². The second-order valence-corrected chi connectivity index (χ2v) is 6.18. The van der Waals surface area contributed by atoms with Crippen LogP contribution in [-0.4, -0.2) is 35.7 Å². The third-order valence-electron chi connectivity index (χ3n) is 4.31. The fraction of sp³-hybridized carbons (Fsp3) is 0.0556. The van der Waals surface area contributed by atoms with E-state index in [-0.39, 0.29) is 17.5 Å². The molecule has 0 bridgehead atoms. The van der Waals surface area contributed by atoms with Crippen molar-refractivity contribution in [3.63, 3.8) is 0 Å². The van der Waals surface area contributed by atoms with Gasteiger partial charge in [0, 0.05) is 22.9 Å². The largest absolute Gasteiger partial charge is 0.508 e. The molecule has 144 valence electrons. The number of phenols is 1. The molecule has 0 aliphatic carbocycles. The topological polar surface area (TPSA) is 134 Å². The molecule has 3 heterocycles. The van der Waals surface area contributed by atoms with Crippen LogP contribution in [0.15, 0.2) is 42.6 Å². The molecule has 4 aromatic rings. The lowest BCUT2D eigenvalue weighted by atomic mass is 10.0. The summed E-state index contributed by atoms with van der Waals surface area (Å²) in [5.41, 5.74) is 2.87. The van der Waals surface area contributed by atoms with Crippen molar-refractivity contribution in [1.29, 1.82) is 0 Å². The van der Waals surface area contributed by atoms with Gasteiger partial charge in [-0.25, -0.2) is 9.37 Å². The number of aromatic nitrogens is 6. The van der Waals surface area contributed by atoms with E-state index in [1.54, 1.807) is 18.2 Å². The molecule has 0 saturated heterocycles. The smallest absolute Gasteiger partial charge is 0.229 e. The highest BCUT2D eigenvalue weighted by atomic mass is 19.1. The highest BCUT2D eigenvalue weighted by Crippen LogP contribution is 2.43. The number of hydrogen-bond donors (Lipinski definition) is 4. The first-order valence-electron chi connectivity index (χ1n) is 8.55. The van der Waals surface area contributed by atoms with Gasteiger partial charge in [-0.3, -0.25) is 0 Å². The fourth-order valence-electron chi connectivity index (χ4n) is 2.94. The maximum atomic E-state index is 14.1. The summed E-state index contributed by atoms with van der Waals surface area (Å²) in [6.45, 7) is 0.420. The predicted octanol–water partition coefficient (Wildman–Crippen LogP) is 2.88. The standard InChI is InChI=1S/C18H13FN8O2/c19-13-7-20-18(23-17(13)21-9-2-1-3-10(28)6-9)22-14-5-4-11(12-8-29-15(12)14)16-24-26-27-25-16/h1-7,28H,8H2,(H2,20,21,22,23)(H,24,25,26,27). The van der Waals surface area contributed by atoms with E-state index in [0.717, 1.165) is 17.3 Å². The van der Waals surface area contributed by atoms with Crippen LogP contribution in [0.3, 0.4) is 0 Å². The summed E-state index contributed by atoms with van der Waals surface area (Å²) in [6, 6.07) is 9.91. The van der Waals surface area contributed by atoms with Gasteiger partial charge in [0.2, 0.25) is 11.8 Å². The normalized spacial score (nSPS) is 11.9. The van der Waals surface area contributed by atoms with Gasteiger partial charge in [0.05, 0.1) is 11.9 Å². The van der Waals surface area contributed by atoms with Gasteiger partial charge in [-0.1, -0.05) is 6.07 Å². The van der Waals surface area contributed by atoms with E-state index in [1.807, 2.05) is 6.07 Å². The Kier molecular flexibility index (Phi) is 3.90. The molecule has 0 radical (unpaired) electrons. The molecule has 5 rings (SSSR count). The first-order chi connectivity index (χ1) is 14.2. The lowest BCUT2D eigenvalue weighted by Gasteiger charge is -2.25. The summed E-state index contributed by atoms with van der Waals surface area (Å²) in [7, 11) is 0. The van der Waals surface area contributed by atoms with Crippen molar-refractivity contribution >= 4 is 23.1 Å². The quantitative estimate of drug-likeness (QED) is 0.404. The van der Waals surface area contributed by atoms with Crippen LogP contribution in [0.1, 0.15) is 5.56 Å². The number of ether oxygens (including phenoxy) is 1. The zero-order valence-corrected chi connectivity index (χ0v) is 14.7. The molecule has 0 saturated carbocycles. The van der Waals surface area contributed by atoms with Gasteiger partial charge in [-0.15, -0.1) is 10.2 Å². The Morgan fingerprint density at radius 3 is 2.86 bits per heavy atom. The molecular formula is C18H13FN8O2. The summed E-state index contributed by atoms with van der Waals surface area (Å²) in [6.07, 6.45) is 1.06. The summed E-state index contributed by atoms with van der Waals surface area (Å²) >= 11 is 0. The highest BCUT2D eigenvalue weighted by molar-refractivity contribution is 5.76. The Hall–Kier alpha value is -4.28. The van der Waals surface area contributed by atoms with Crippen molar-refractivity contribution in [3.05, 3.63) is 54.0 Å². The van der Waals surface area contributed by atoms with Crippen LogP contribution in [-0.2, 0) is 6.61 Å². The third-order valence-corrected chi connectivity index (χ3v) is 4.31. The molecular weight excluding hydrogens is 379 g/mol. The van der Waals surface area contributed by atoms with Crippen molar-refractivity contribution < 1.29 is 14.2 Å². The van der Waals surface area contributed by atoms with Gasteiger partial charge in [-0.2, -0.15) is 10.2 Å². The average molecular weight is 392 g/mol. The monoisotopic (exact) mass is 392 g/mol.